The number of fused-ring (bicyclic) bond motifs is 1. The van der Waals surface area contributed by atoms with Crippen LogP contribution in [0.1, 0.15) is 43.7 Å². The molecule has 94 valence electrons. The van der Waals surface area contributed by atoms with Crippen LogP contribution in [0.25, 0.3) is 0 Å². The lowest BCUT2D eigenvalue weighted by Gasteiger charge is -2.21. The minimum absolute atomic E-state index is 0.217. The summed E-state index contributed by atoms with van der Waals surface area (Å²) in [5, 5.41) is 0.718. The van der Waals surface area contributed by atoms with Gasteiger partial charge in [0.1, 0.15) is 0 Å². The third kappa shape index (κ3) is 2.09. The van der Waals surface area contributed by atoms with E-state index in [2.05, 4.69) is 20.8 Å². The van der Waals surface area contributed by atoms with Crippen molar-refractivity contribution in [1.82, 2.24) is 0 Å². The number of halogens is 1. The molecule has 2 rings (SSSR count). The molecule has 0 fully saturated rings. The summed E-state index contributed by atoms with van der Waals surface area (Å²) in [6, 6.07) is 1.83. The Morgan fingerprint density at radius 2 is 2.00 bits per heavy atom. The Bertz CT molecular complexity index is 432. The van der Waals surface area contributed by atoms with E-state index in [4.69, 9.17) is 26.8 Å². The molecular formula is C13H18ClNO2. The summed E-state index contributed by atoms with van der Waals surface area (Å²) in [6.07, 6.45) is 0. The summed E-state index contributed by atoms with van der Waals surface area (Å²) < 4.78 is 11.0. The van der Waals surface area contributed by atoms with Crippen LogP contribution >= 0.6 is 11.6 Å². The number of ether oxygens (including phenoxy) is 2. The Balaban J connectivity index is 2.64. The van der Waals surface area contributed by atoms with E-state index in [-0.39, 0.29) is 12.7 Å². The van der Waals surface area contributed by atoms with Gasteiger partial charge in [-0.3, -0.25) is 0 Å². The van der Waals surface area contributed by atoms with E-state index in [1.807, 2.05) is 6.07 Å². The molecule has 1 aromatic carbocycles. The number of hydrogen-bond donors (Lipinski definition) is 1. The van der Waals surface area contributed by atoms with Gasteiger partial charge in [-0.25, -0.2) is 0 Å². The van der Waals surface area contributed by atoms with Gasteiger partial charge in [0.2, 0.25) is 6.79 Å². The Hall–Kier alpha value is -0.930. The summed E-state index contributed by atoms with van der Waals surface area (Å²) in [5.41, 5.74) is 7.98. The topological polar surface area (TPSA) is 44.5 Å². The monoisotopic (exact) mass is 255 g/mol. The molecule has 1 aliphatic heterocycles. The average Bonchev–Trinajstić information content (AvgIpc) is 2.73. The SMILES string of the molecule is CC(C)c1c2c(cc(Cl)c1C(C)CN)OCO2. The van der Waals surface area contributed by atoms with Gasteiger partial charge in [-0.1, -0.05) is 32.4 Å². The van der Waals surface area contributed by atoms with Crippen molar-refractivity contribution in [2.45, 2.75) is 32.6 Å². The van der Waals surface area contributed by atoms with Gasteiger partial charge in [0, 0.05) is 16.7 Å². The molecule has 0 spiro atoms. The van der Waals surface area contributed by atoms with Crippen molar-refractivity contribution in [1.29, 1.82) is 0 Å². The van der Waals surface area contributed by atoms with Crippen molar-refractivity contribution < 1.29 is 9.47 Å². The van der Waals surface area contributed by atoms with E-state index >= 15 is 0 Å². The van der Waals surface area contributed by atoms with Crippen molar-refractivity contribution >= 4 is 11.6 Å². The van der Waals surface area contributed by atoms with Crippen LogP contribution in [0.5, 0.6) is 11.5 Å². The van der Waals surface area contributed by atoms with E-state index in [1.54, 1.807) is 0 Å². The number of benzene rings is 1. The van der Waals surface area contributed by atoms with Crippen LogP contribution in [0, 0.1) is 0 Å². The van der Waals surface area contributed by atoms with Gasteiger partial charge >= 0.3 is 0 Å². The zero-order valence-electron chi connectivity index (χ0n) is 10.4. The van der Waals surface area contributed by atoms with E-state index < -0.39 is 0 Å². The zero-order chi connectivity index (χ0) is 12.6. The maximum absolute atomic E-state index is 6.34. The first-order chi connectivity index (χ1) is 8.06. The van der Waals surface area contributed by atoms with E-state index in [1.165, 1.54) is 0 Å². The zero-order valence-corrected chi connectivity index (χ0v) is 11.2. The number of rotatable bonds is 3. The van der Waals surface area contributed by atoms with Crippen LogP contribution in [0.3, 0.4) is 0 Å². The Kier molecular flexibility index (Phi) is 3.50. The number of nitrogens with two attached hydrogens (primary N) is 1. The smallest absolute Gasteiger partial charge is 0.231 e. The van der Waals surface area contributed by atoms with E-state index in [9.17, 15) is 0 Å². The molecule has 1 aromatic rings. The first-order valence-corrected chi connectivity index (χ1v) is 6.26. The quantitative estimate of drug-likeness (QED) is 0.902. The van der Waals surface area contributed by atoms with Crippen LogP contribution < -0.4 is 15.2 Å². The molecule has 1 aliphatic rings. The lowest BCUT2D eigenvalue weighted by Crippen LogP contribution is -2.12. The van der Waals surface area contributed by atoms with Gasteiger partial charge in [-0.2, -0.15) is 0 Å². The van der Waals surface area contributed by atoms with Crippen molar-refractivity contribution in [3.63, 3.8) is 0 Å². The van der Waals surface area contributed by atoms with Crippen molar-refractivity contribution in [2.75, 3.05) is 13.3 Å². The van der Waals surface area contributed by atoms with Gasteiger partial charge in [-0.05, 0) is 23.9 Å². The number of hydrogen-bond acceptors (Lipinski definition) is 3. The highest BCUT2D eigenvalue weighted by atomic mass is 35.5. The molecule has 2 N–H and O–H groups in total. The molecule has 17 heavy (non-hydrogen) atoms. The highest BCUT2D eigenvalue weighted by Crippen LogP contribution is 2.46. The minimum atomic E-state index is 0.217. The minimum Gasteiger partial charge on any atom is -0.454 e. The third-order valence-corrected chi connectivity index (χ3v) is 3.43. The van der Waals surface area contributed by atoms with Gasteiger partial charge < -0.3 is 15.2 Å². The molecule has 0 bridgehead atoms. The molecule has 0 aliphatic carbocycles. The maximum Gasteiger partial charge on any atom is 0.231 e. The van der Waals surface area contributed by atoms with Crippen LogP contribution in [0.15, 0.2) is 6.07 Å². The standard InChI is InChI=1S/C13H18ClNO2/c1-7(2)11-12(8(3)5-15)9(14)4-10-13(11)17-6-16-10/h4,7-8H,5-6,15H2,1-3H3. The second-order valence-electron chi connectivity index (χ2n) is 4.71. The molecular weight excluding hydrogens is 238 g/mol. The fraction of sp³-hybridized carbons (Fsp3) is 0.538. The van der Waals surface area contributed by atoms with Gasteiger partial charge in [0.15, 0.2) is 11.5 Å². The predicted molar refractivity (Wildman–Crippen MR) is 69.1 cm³/mol. The highest BCUT2D eigenvalue weighted by Gasteiger charge is 2.27. The fourth-order valence-electron chi connectivity index (χ4n) is 2.24. The maximum atomic E-state index is 6.34. The largest absolute Gasteiger partial charge is 0.454 e. The van der Waals surface area contributed by atoms with Gasteiger partial charge in [-0.15, -0.1) is 0 Å². The Labute approximate surface area is 107 Å². The molecule has 0 radical (unpaired) electrons. The normalized spacial score (nSPS) is 15.4. The van der Waals surface area contributed by atoms with Gasteiger partial charge in [0.05, 0.1) is 0 Å². The summed E-state index contributed by atoms with van der Waals surface area (Å²) in [7, 11) is 0. The molecule has 1 heterocycles. The van der Waals surface area contributed by atoms with Crippen molar-refractivity contribution in [2.24, 2.45) is 5.73 Å². The average molecular weight is 256 g/mol. The molecule has 4 heteroatoms. The van der Waals surface area contributed by atoms with Crippen molar-refractivity contribution in [3.8, 4) is 11.5 Å². The van der Waals surface area contributed by atoms with Crippen LogP contribution in [-0.2, 0) is 0 Å². The molecule has 0 aromatic heterocycles. The first-order valence-electron chi connectivity index (χ1n) is 5.88. The van der Waals surface area contributed by atoms with Crippen molar-refractivity contribution in [3.05, 3.63) is 22.2 Å². The molecule has 0 saturated carbocycles. The van der Waals surface area contributed by atoms with E-state index in [0.717, 1.165) is 27.6 Å². The summed E-state index contributed by atoms with van der Waals surface area (Å²) in [6.45, 7) is 7.17. The third-order valence-electron chi connectivity index (χ3n) is 3.12. The van der Waals surface area contributed by atoms with Crippen LogP contribution in [0.4, 0.5) is 0 Å². The summed E-state index contributed by atoms with van der Waals surface area (Å²) in [4.78, 5) is 0. The Morgan fingerprint density at radius 1 is 1.29 bits per heavy atom. The first kappa shape index (κ1) is 12.5. The highest BCUT2D eigenvalue weighted by molar-refractivity contribution is 6.31. The molecule has 0 saturated heterocycles. The Morgan fingerprint density at radius 3 is 2.59 bits per heavy atom. The lowest BCUT2D eigenvalue weighted by atomic mass is 9.88. The fourth-order valence-corrected chi connectivity index (χ4v) is 2.63. The van der Waals surface area contributed by atoms with Crippen LogP contribution in [0.2, 0.25) is 5.02 Å². The second-order valence-corrected chi connectivity index (χ2v) is 5.12. The molecule has 3 nitrogen and oxygen atoms in total. The predicted octanol–water partition coefficient (Wildman–Crippen LogP) is 3.25. The molecule has 1 atom stereocenters. The molecule has 1 unspecified atom stereocenters. The van der Waals surface area contributed by atoms with Gasteiger partial charge in [0.25, 0.3) is 0 Å². The second kappa shape index (κ2) is 4.75. The summed E-state index contributed by atoms with van der Waals surface area (Å²) >= 11 is 6.34. The van der Waals surface area contributed by atoms with E-state index in [0.29, 0.717) is 12.5 Å². The molecule has 0 amide bonds. The summed E-state index contributed by atoms with van der Waals surface area (Å²) in [5.74, 6) is 2.12. The lowest BCUT2D eigenvalue weighted by molar-refractivity contribution is 0.173. The van der Waals surface area contributed by atoms with Crippen LogP contribution in [-0.4, -0.2) is 13.3 Å².